The molecular formula is C58H79ClN4O11. The Balaban J connectivity index is 0.798. The standard InChI is InChI=1S/C58H79ClN4O11/c1-10-37(2)51(65)62-50(56(3,4)5)49(64)44-16-13-17-45(44)53(67)61-48-43-15-12-11-14-39(43)34-47(48)73-33-31-71-29-27-69-25-24-68-26-28-70-30-32-72-41-21-18-38(19-22-41)52(66)63-54-57(6,7)55(58(54,8)9)74-42-23-20-40(36-60)46(59)35-42/h11-12,14-15,18-23,35,37,44-45,47-48,50,54-55H,10,13,16-17,24-34H2,1-9H3,(H,61,67)(H,62,65)(H,63,66)/t37-,44?,45-,47-,48+,50-,54?,55?/m1/s1. The van der Waals surface area contributed by atoms with Crippen molar-refractivity contribution in [2.24, 2.45) is 34.0 Å². The van der Waals surface area contributed by atoms with Gasteiger partial charge in [0.1, 0.15) is 30.3 Å². The molecule has 3 aliphatic carbocycles. The molecule has 0 aliphatic heterocycles. The van der Waals surface area contributed by atoms with Crippen LogP contribution in [0.2, 0.25) is 5.02 Å². The summed E-state index contributed by atoms with van der Waals surface area (Å²) in [6.07, 6.45) is 2.87. The maximum atomic E-state index is 14.1. The van der Waals surface area contributed by atoms with Crippen LogP contribution in [0.25, 0.3) is 0 Å². The molecule has 2 saturated carbocycles. The number of nitriles is 1. The van der Waals surface area contributed by atoms with Gasteiger partial charge in [0, 0.05) is 52.7 Å². The van der Waals surface area contributed by atoms with Gasteiger partial charge >= 0.3 is 0 Å². The lowest BCUT2D eigenvalue weighted by molar-refractivity contribution is -0.164. The first-order chi connectivity index (χ1) is 35.3. The molecule has 6 rings (SSSR count). The predicted molar refractivity (Wildman–Crippen MR) is 282 cm³/mol. The van der Waals surface area contributed by atoms with Gasteiger partial charge < -0.3 is 49.1 Å². The normalized spacial score (nSPS) is 22.3. The van der Waals surface area contributed by atoms with Gasteiger partial charge in [-0.05, 0) is 72.2 Å². The van der Waals surface area contributed by atoms with Crippen molar-refractivity contribution in [3.8, 4) is 17.6 Å². The molecule has 3 aromatic carbocycles. The van der Waals surface area contributed by atoms with Crippen LogP contribution in [0.1, 0.15) is 121 Å². The molecule has 2 fully saturated rings. The molecule has 3 amide bonds. The highest BCUT2D eigenvalue weighted by atomic mass is 35.5. The average molecular weight is 1040 g/mol. The van der Waals surface area contributed by atoms with Gasteiger partial charge in [0.15, 0.2) is 5.78 Å². The molecule has 74 heavy (non-hydrogen) atoms. The van der Waals surface area contributed by atoms with Crippen molar-refractivity contribution in [1.82, 2.24) is 16.0 Å². The van der Waals surface area contributed by atoms with Crippen LogP contribution < -0.4 is 25.4 Å². The minimum atomic E-state index is -0.680. The van der Waals surface area contributed by atoms with Crippen LogP contribution >= 0.6 is 11.6 Å². The van der Waals surface area contributed by atoms with E-state index in [9.17, 15) is 24.4 Å². The number of nitrogens with zero attached hydrogens (tertiary/aromatic N) is 1. The second-order valence-corrected chi connectivity index (χ2v) is 22.5. The van der Waals surface area contributed by atoms with E-state index in [1.54, 1.807) is 42.5 Å². The van der Waals surface area contributed by atoms with Crippen molar-refractivity contribution in [2.75, 3.05) is 66.1 Å². The largest absolute Gasteiger partial charge is 0.491 e. The Labute approximate surface area is 443 Å². The number of carbonyl (C=O) groups excluding carboxylic acids is 4. The summed E-state index contributed by atoms with van der Waals surface area (Å²) in [4.78, 5) is 54.3. The number of hydrogen-bond acceptors (Lipinski definition) is 12. The van der Waals surface area contributed by atoms with Gasteiger partial charge in [0.25, 0.3) is 5.91 Å². The van der Waals surface area contributed by atoms with Crippen LogP contribution in [0, 0.1) is 45.3 Å². The first-order valence-corrected chi connectivity index (χ1v) is 26.7. The summed E-state index contributed by atoms with van der Waals surface area (Å²) in [6, 6.07) is 21.0. The lowest BCUT2D eigenvalue weighted by Gasteiger charge is -2.63. The lowest BCUT2D eigenvalue weighted by atomic mass is 9.49. The number of nitrogens with one attached hydrogen (secondary N) is 3. The minimum absolute atomic E-state index is 0.0640. The van der Waals surface area contributed by atoms with Crippen LogP contribution in [-0.2, 0) is 44.5 Å². The van der Waals surface area contributed by atoms with Gasteiger partial charge in [-0.15, -0.1) is 0 Å². The molecule has 15 nitrogen and oxygen atoms in total. The number of ketones is 1. The fourth-order valence-corrected chi connectivity index (χ4v) is 11.1. The smallest absolute Gasteiger partial charge is 0.251 e. The zero-order chi connectivity index (χ0) is 53.6. The summed E-state index contributed by atoms with van der Waals surface area (Å²) in [5, 5.41) is 19.1. The topological polar surface area (TPSA) is 193 Å². The number of ether oxygens (including phenoxy) is 7. The van der Waals surface area contributed by atoms with Crippen molar-refractivity contribution in [2.45, 2.75) is 125 Å². The van der Waals surface area contributed by atoms with Crippen LogP contribution in [-0.4, -0.2) is 114 Å². The number of halogens is 1. The van der Waals surface area contributed by atoms with Gasteiger partial charge in [0.2, 0.25) is 11.8 Å². The summed E-state index contributed by atoms with van der Waals surface area (Å²) < 4.78 is 41.2. The maximum Gasteiger partial charge on any atom is 0.251 e. The average Bonchev–Trinajstić information content (AvgIpc) is 4.01. The molecule has 0 radical (unpaired) electrons. The van der Waals surface area contributed by atoms with Gasteiger partial charge in [-0.2, -0.15) is 5.26 Å². The number of Topliss-reactive ketones (excluding diaryl/α,β-unsaturated/α-hetero) is 1. The molecular weight excluding hydrogens is 964 g/mol. The van der Waals surface area contributed by atoms with Crippen molar-refractivity contribution in [3.63, 3.8) is 0 Å². The molecule has 6 atom stereocenters. The molecule has 3 aliphatic rings. The van der Waals surface area contributed by atoms with Gasteiger partial charge in [-0.1, -0.05) is 105 Å². The van der Waals surface area contributed by atoms with Crippen LogP contribution in [0.3, 0.4) is 0 Å². The van der Waals surface area contributed by atoms with Gasteiger partial charge in [-0.3, -0.25) is 19.2 Å². The number of benzene rings is 3. The minimum Gasteiger partial charge on any atom is -0.491 e. The van der Waals surface area contributed by atoms with Crippen molar-refractivity contribution in [1.29, 1.82) is 5.26 Å². The summed E-state index contributed by atoms with van der Waals surface area (Å²) in [5.41, 5.74) is 1.80. The Morgan fingerprint density at radius 1 is 0.770 bits per heavy atom. The van der Waals surface area contributed by atoms with E-state index in [-0.39, 0.29) is 64.5 Å². The van der Waals surface area contributed by atoms with Crippen molar-refractivity contribution < 1.29 is 52.3 Å². The molecule has 3 aromatic rings. The molecule has 0 spiro atoms. The fraction of sp³-hybridized carbons (Fsp3) is 0.603. The highest BCUT2D eigenvalue weighted by molar-refractivity contribution is 6.31. The molecule has 3 N–H and O–H groups in total. The van der Waals surface area contributed by atoms with Crippen LogP contribution in [0.5, 0.6) is 11.5 Å². The molecule has 0 saturated heterocycles. The SMILES string of the molecule is CC[C@@H](C)C(=O)N[C@H](C(=O)C1CCC[C@H]1C(=O)N[C@H]1c2ccccc2C[C@H]1OCCOCCOCCOCCOCCOc1ccc(C(=O)NC2C(C)(C)C(Oc3ccc(C#N)c(Cl)c3)C2(C)C)cc1)C(C)(C)C. The van der Waals surface area contributed by atoms with E-state index in [2.05, 4.69) is 55.8 Å². The van der Waals surface area contributed by atoms with E-state index in [0.717, 1.165) is 17.5 Å². The van der Waals surface area contributed by atoms with Gasteiger partial charge in [0.05, 0.1) is 88.2 Å². The van der Waals surface area contributed by atoms with E-state index < -0.39 is 23.3 Å². The third kappa shape index (κ3) is 14.9. The predicted octanol–water partition coefficient (Wildman–Crippen LogP) is 8.63. The summed E-state index contributed by atoms with van der Waals surface area (Å²) >= 11 is 6.24. The Morgan fingerprint density at radius 3 is 1.95 bits per heavy atom. The summed E-state index contributed by atoms with van der Waals surface area (Å²) in [7, 11) is 0. The molecule has 1 unspecified atom stereocenters. The zero-order valence-electron chi connectivity index (χ0n) is 44.9. The first kappa shape index (κ1) is 58.2. The van der Waals surface area contributed by atoms with Crippen molar-refractivity contribution >= 4 is 35.1 Å². The van der Waals surface area contributed by atoms with E-state index in [1.165, 1.54) is 0 Å². The zero-order valence-corrected chi connectivity index (χ0v) is 45.6. The molecule has 0 aromatic heterocycles. The molecule has 0 bridgehead atoms. The highest BCUT2D eigenvalue weighted by Crippen LogP contribution is 2.55. The number of carbonyl (C=O) groups is 4. The Morgan fingerprint density at radius 2 is 1.35 bits per heavy atom. The van der Waals surface area contributed by atoms with Crippen LogP contribution in [0.4, 0.5) is 0 Å². The van der Waals surface area contributed by atoms with E-state index >= 15 is 0 Å². The molecule has 0 heterocycles. The number of hydrogen-bond donors (Lipinski definition) is 3. The number of rotatable bonds is 28. The Bertz CT molecular complexity index is 2380. The second-order valence-electron chi connectivity index (χ2n) is 22.1. The molecule has 404 valence electrons. The number of fused-ring (bicyclic) bond motifs is 1. The quantitative estimate of drug-likeness (QED) is 0.0588. The van der Waals surface area contributed by atoms with E-state index in [1.807, 2.05) is 52.8 Å². The fourth-order valence-electron chi connectivity index (χ4n) is 10.9. The van der Waals surface area contributed by atoms with Gasteiger partial charge in [-0.25, -0.2) is 0 Å². The highest BCUT2D eigenvalue weighted by Gasteiger charge is 2.64. The first-order valence-electron chi connectivity index (χ1n) is 26.3. The Hall–Kier alpha value is -5.08. The third-order valence-electron chi connectivity index (χ3n) is 14.9. The second kappa shape index (κ2) is 26.6. The summed E-state index contributed by atoms with van der Waals surface area (Å²) in [5.74, 6) is -0.461. The summed E-state index contributed by atoms with van der Waals surface area (Å²) in [6.45, 7) is 21.8. The lowest BCUT2D eigenvalue weighted by Crippen LogP contribution is -2.74. The maximum absolute atomic E-state index is 14.1. The van der Waals surface area contributed by atoms with E-state index in [0.29, 0.717) is 119 Å². The third-order valence-corrected chi connectivity index (χ3v) is 15.2. The molecule has 16 heteroatoms. The monoisotopic (exact) mass is 1040 g/mol. The number of amides is 3. The van der Waals surface area contributed by atoms with Crippen molar-refractivity contribution in [3.05, 3.63) is 94.0 Å². The van der Waals surface area contributed by atoms with E-state index in [4.69, 9.17) is 44.8 Å². The Kier molecular flexibility index (Phi) is 20.9. The van der Waals surface area contributed by atoms with Crippen LogP contribution in [0.15, 0.2) is 66.7 Å².